The SMILES string of the molecule is CN(C)C/C=C/C(=O)Nc1ccc2c(c1)CN(C(=O)O)CC2. The van der Waals surface area contributed by atoms with Gasteiger partial charge in [0.2, 0.25) is 5.91 Å². The van der Waals surface area contributed by atoms with E-state index in [1.54, 1.807) is 6.08 Å². The molecule has 0 aliphatic carbocycles. The van der Waals surface area contributed by atoms with E-state index in [4.69, 9.17) is 5.11 Å². The number of nitrogens with zero attached hydrogens (tertiary/aromatic N) is 2. The molecule has 0 saturated carbocycles. The van der Waals surface area contributed by atoms with Crippen molar-refractivity contribution in [2.45, 2.75) is 13.0 Å². The van der Waals surface area contributed by atoms with E-state index in [0.717, 1.165) is 11.1 Å². The Morgan fingerprint density at radius 2 is 2.14 bits per heavy atom. The molecular formula is C16H21N3O3. The van der Waals surface area contributed by atoms with E-state index in [1.165, 1.54) is 11.0 Å². The summed E-state index contributed by atoms with van der Waals surface area (Å²) in [5, 5.41) is 11.9. The van der Waals surface area contributed by atoms with E-state index in [2.05, 4.69) is 5.32 Å². The van der Waals surface area contributed by atoms with Gasteiger partial charge in [-0.1, -0.05) is 12.1 Å². The number of hydrogen-bond acceptors (Lipinski definition) is 3. The number of benzene rings is 1. The maximum Gasteiger partial charge on any atom is 0.407 e. The van der Waals surface area contributed by atoms with E-state index in [-0.39, 0.29) is 5.91 Å². The highest BCUT2D eigenvalue weighted by Crippen LogP contribution is 2.22. The molecule has 6 nitrogen and oxygen atoms in total. The molecule has 1 aromatic carbocycles. The number of carbonyl (C=O) groups is 2. The van der Waals surface area contributed by atoms with Crippen molar-refractivity contribution in [3.05, 3.63) is 41.5 Å². The van der Waals surface area contributed by atoms with E-state index in [0.29, 0.717) is 31.7 Å². The lowest BCUT2D eigenvalue weighted by Crippen LogP contribution is -2.34. The summed E-state index contributed by atoms with van der Waals surface area (Å²) in [7, 11) is 3.86. The number of carboxylic acid groups (broad SMARTS) is 1. The van der Waals surface area contributed by atoms with Crippen LogP contribution in [0.5, 0.6) is 0 Å². The van der Waals surface area contributed by atoms with Crippen LogP contribution in [0.4, 0.5) is 10.5 Å². The lowest BCUT2D eigenvalue weighted by molar-refractivity contribution is -0.111. The Morgan fingerprint density at radius 3 is 2.82 bits per heavy atom. The highest BCUT2D eigenvalue weighted by molar-refractivity contribution is 5.99. The van der Waals surface area contributed by atoms with E-state index >= 15 is 0 Å². The molecule has 6 heteroatoms. The molecule has 22 heavy (non-hydrogen) atoms. The van der Waals surface area contributed by atoms with Gasteiger partial charge in [0.15, 0.2) is 0 Å². The Bertz CT molecular complexity index is 596. The summed E-state index contributed by atoms with van der Waals surface area (Å²) in [4.78, 5) is 26.2. The fraction of sp³-hybridized carbons (Fsp3) is 0.375. The van der Waals surface area contributed by atoms with Crippen LogP contribution >= 0.6 is 0 Å². The molecule has 1 aromatic rings. The van der Waals surface area contributed by atoms with Crippen molar-refractivity contribution in [3.63, 3.8) is 0 Å². The first-order valence-corrected chi connectivity index (χ1v) is 7.17. The van der Waals surface area contributed by atoms with Crippen molar-refractivity contribution < 1.29 is 14.7 Å². The zero-order valence-electron chi connectivity index (χ0n) is 12.9. The molecule has 0 atom stereocenters. The van der Waals surface area contributed by atoms with Gasteiger partial charge in [0.25, 0.3) is 0 Å². The van der Waals surface area contributed by atoms with Gasteiger partial charge in [-0.05, 0) is 43.8 Å². The smallest absolute Gasteiger partial charge is 0.407 e. The first-order chi connectivity index (χ1) is 10.5. The lowest BCUT2D eigenvalue weighted by Gasteiger charge is -2.26. The van der Waals surface area contributed by atoms with Crippen molar-refractivity contribution >= 4 is 17.7 Å². The third-order valence-electron chi connectivity index (χ3n) is 3.50. The molecule has 0 fully saturated rings. The summed E-state index contributed by atoms with van der Waals surface area (Å²) in [6.45, 7) is 1.58. The highest BCUT2D eigenvalue weighted by atomic mass is 16.4. The van der Waals surface area contributed by atoms with Crippen LogP contribution in [0.1, 0.15) is 11.1 Å². The lowest BCUT2D eigenvalue weighted by atomic mass is 9.99. The van der Waals surface area contributed by atoms with Gasteiger partial charge >= 0.3 is 6.09 Å². The zero-order chi connectivity index (χ0) is 16.1. The molecule has 2 rings (SSSR count). The van der Waals surface area contributed by atoms with Crippen LogP contribution in [0.3, 0.4) is 0 Å². The summed E-state index contributed by atoms with van der Waals surface area (Å²) in [6.07, 6.45) is 3.09. The number of hydrogen-bond donors (Lipinski definition) is 2. The fourth-order valence-corrected chi connectivity index (χ4v) is 2.35. The second-order valence-corrected chi connectivity index (χ2v) is 5.59. The van der Waals surface area contributed by atoms with Crippen LogP contribution in [0.15, 0.2) is 30.4 Å². The first-order valence-electron chi connectivity index (χ1n) is 7.17. The van der Waals surface area contributed by atoms with Crippen LogP contribution in [-0.4, -0.2) is 54.1 Å². The molecule has 0 spiro atoms. The van der Waals surface area contributed by atoms with Crippen molar-refractivity contribution in [1.82, 2.24) is 9.80 Å². The molecule has 2 N–H and O–H groups in total. The van der Waals surface area contributed by atoms with Crippen LogP contribution in [-0.2, 0) is 17.8 Å². The van der Waals surface area contributed by atoms with Crippen LogP contribution in [0.2, 0.25) is 0 Å². The minimum Gasteiger partial charge on any atom is -0.465 e. The summed E-state index contributed by atoms with van der Waals surface area (Å²) < 4.78 is 0. The number of likely N-dealkylation sites (N-methyl/N-ethyl adjacent to an activating group) is 1. The van der Waals surface area contributed by atoms with Gasteiger partial charge in [0.05, 0.1) is 0 Å². The summed E-state index contributed by atoms with van der Waals surface area (Å²) in [5.74, 6) is -0.187. The molecule has 118 valence electrons. The van der Waals surface area contributed by atoms with Crippen LogP contribution < -0.4 is 5.32 Å². The molecule has 1 heterocycles. The topological polar surface area (TPSA) is 72.9 Å². The molecular weight excluding hydrogens is 282 g/mol. The van der Waals surface area contributed by atoms with E-state index in [9.17, 15) is 9.59 Å². The molecule has 0 saturated heterocycles. The third-order valence-corrected chi connectivity index (χ3v) is 3.50. The number of fused-ring (bicyclic) bond motifs is 1. The minimum absolute atomic E-state index is 0.187. The Hall–Kier alpha value is -2.34. The average Bonchev–Trinajstić information content (AvgIpc) is 2.46. The Morgan fingerprint density at radius 1 is 1.36 bits per heavy atom. The zero-order valence-corrected chi connectivity index (χ0v) is 12.9. The van der Waals surface area contributed by atoms with Crippen LogP contribution in [0, 0.1) is 0 Å². The molecule has 0 aromatic heterocycles. The average molecular weight is 303 g/mol. The largest absolute Gasteiger partial charge is 0.465 e. The molecule has 1 aliphatic heterocycles. The Kier molecular flexibility index (Phi) is 5.16. The van der Waals surface area contributed by atoms with Gasteiger partial charge in [-0.15, -0.1) is 0 Å². The number of amides is 2. The number of rotatable bonds is 4. The maximum atomic E-state index is 11.8. The summed E-state index contributed by atoms with van der Waals surface area (Å²) in [6, 6.07) is 5.66. The Balaban J connectivity index is 2.02. The van der Waals surface area contributed by atoms with Crippen molar-refractivity contribution in [3.8, 4) is 0 Å². The van der Waals surface area contributed by atoms with Gasteiger partial charge in [0, 0.05) is 31.4 Å². The van der Waals surface area contributed by atoms with Crippen molar-refractivity contribution in [2.75, 3.05) is 32.5 Å². The number of carbonyl (C=O) groups excluding carboxylic acids is 1. The quantitative estimate of drug-likeness (QED) is 0.832. The third kappa shape index (κ3) is 4.33. The molecule has 0 radical (unpaired) electrons. The molecule has 1 aliphatic rings. The van der Waals surface area contributed by atoms with Crippen LogP contribution in [0.25, 0.3) is 0 Å². The monoisotopic (exact) mass is 303 g/mol. The predicted molar refractivity (Wildman–Crippen MR) is 84.9 cm³/mol. The minimum atomic E-state index is -0.910. The second-order valence-electron chi connectivity index (χ2n) is 5.59. The Labute approximate surface area is 130 Å². The predicted octanol–water partition coefficient (Wildman–Crippen LogP) is 1.78. The van der Waals surface area contributed by atoms with Gasteiger partial charge in [-0.3, -0.25) is 4.79 Å². The molecule has 0 unspecified atom stereocenters. The number of nitrogens with one attached hydrogen (secondary N) is 1. The van der Waals surface area contributed by atoms with Gasteiger partial charge in [-0.2, -0.15) is 0 Å². The van der Waals surface area contributed by atoms with Gasteiger partial charge in [-0.25, -0.2) is 4.79 Å². The maximum absolute atomic E-state index is 11.8. The highest BCUT2D eigenvalue weighted by Gasteiger charge is 2.20. The number of anilines is 1. The first kappa shape index (κ1) is 16.0. The van der Waals surface area contributed by atoms with Gasteiger partial charge in [0.1, 0.15) is 0 Å². The second kappa shape index (κ2) is 7.09. The van der Waals surface area contributed by atoms with Gasteiger partial charge < -0.3 is 20.2 Å². The van der Waals surface area contributed by atoms with Crippen molar-refractivity contribution in [2.24, 2.45) is 0 Å². The summed E-state index contributed by atoms with van der Waals surface area (Å²) >= 11 is 0. The normalized spacial score (nSPS) is 14.2. The molecule has 0 bridgehead atoms. The summed E-state index contributed by atoms with van der Waals surface area (Å²) in [5.41, 5.74) is 2.77. The fourth-order valence-electron chi connectivity index (χ4n) is 2.35. The molecule has 2 amide bonds. The van der Waals surface area contributed by atoms with E-state index < -0.39 is 6.09 Å². The standard InChI is InChI=1S/C16H21N3O3/c1-18(2)8-3-4-15(20)17-14-6-5-12-7-9-19(16(21)22)11-13(12)10-14/h3-6,10H,7-9,11H2,1-2H3,(H,17,20)(H,21,22)/b4-3+. The van der Waals surface area contributed by atoms with Crippen molar-refractivity contribution in [1.29, 1.82) is 0 Å². The van der Waals surface area contributed by atoms with E-state index in [1.807, 2.05) is 37.2 Å².